The molecule has 0 spiro atoms. The summed E-state index contributed by atoms with van der Waals surface area (Å²) in [5.41, 5.74) is 4.27. The van der Waals surface area contributed by atoms with Crippen LogP contribution in [0.25, 0.3) is 11.1 Å². The minimum Gasteiger partial charge on any atom is -0.325 e. The van der Waals surface area contributed by atoms with E-state index in [9.17, 15) is 4.79 Å². The van der Waals surface area contributed by atoms with Crippen molar-refractivity contribution in [2.75, 3.05) is 5.32 Å². The van der Waals surface area contributed by atoms with Crippen LogP contribution >= 0.6 is 0 Å². The van der Waals surface area contributed by atoms with Gasteiger partial charge in [-0.25, -0.2) is 0 Å². The first-order chi connectivity index (χ1) is 12.9. The van der Waals surface area contributed by atoms with Crippen molar-refractivity contribution in [2.45, 2.75) is 72.6 Å². The highest BCUT2D eigenvalue weighted by Crippen LogP contribution is 2.34. The molecular weight excluding hydrogens is 330 g/mol. The third-order valence-corrected chi connectivity index (χ3v) is 5.43. The molecule has 0 radical (unpaired) electrons. The lowest BCUT2D eigenvalue weighted by atomic mass is 9.85. The zero-order valence-corrected chi connectivity index (χ0v) is 17.6. The van der Waals surface area contributed by atoms with Gasteiger partial charge >= 0.3 is 0 Å². The van der Waals surface area contributed by atoms with E-state index in [1.807, 2.05) is 19.9 Å². The van der Waals surface area contributed by atoms with Crippen molar-refractivity contribution in [1.82, 2.24) is 0 Å². The lowest BCUT2D eigenvalue weighted by Gasteiger charge is -2.25. The van der Waals surface area contributed by atoms with Crippen LogP contribution in [-0.4, -0.2) is 5.91 Å². The van der Waals surface area contributed by atoms with Crippen LogP contribution in [-0.2, 0) is 4.79 Å². The first-order valence-electron chi connectivity index (χ1n) is 10.4. The summed E-state index contributed by atoms with van der Waals surface area (Å²) in [5, 5.41) is 3.24. The second kappa shape index (κ2) is 9.73. The Morgan fingerprint density at radius 1 is 1.00 bits per heavy atom. The van der Waals surface area contributed by atoms with Crippen molar-refractivity contribution >= 4 is 11.6 Å². The van der Waals surface area contributed by atoms with Crippen molar-refractivity contribution in [3.8, 4) is 11.1 Å². The zero-order valence-electron chi connectivity index (χ0n) is 17.6. The summed E-state index contributed by atoms with van der Waals surface area (Å²) < 4.78 is 0. The molecular formula is C25H35NO. The van der Waals surface area contributed by atoms with Gasteiger partial charge in [0.05, 0.1) is 0 Å². The molecule has 0 aromatic heterocycles. The maximum Gasteiger partial charge on any atom is 0.230 e. The highest BCUT2D eigenvalue weighted by molar-refractivity contribution is 5.95. The Balaban J connectivity index is 2.33. The molecule has 1 atom stereocenters. The first-order valence-corrected chi connectivity index (χ1v) is 10.4. The van der Waals surface area contributed by atoms with E-state index in [1.54, 1.807) is 0 Å². The Bertz CT molecular complexity index is 733. The molecule has 2 nitrogen and oxygen atoms in total. The number of hydrogen-bond donors (Lipinski definition) is 1. The summed E-state index contributed by atoms with van der Waals surface area (Å²) in [6, 6.07) is 16.9. The van der Waals surface area contributed by atoms with E-state index in [2.05, 4.69) is 68.6 Å². The molecule has 0 aliphatic carbocycles. The van der Waals surface area contributed by atoms with Crippen LogP contribution in [0.1, 0.15) is 78.2 Å². The van der Waals surface area contributed by atoms with Crippen LogP contribution < -0.4 is 5.32 Å². The molecule has 1 amide bonds. The summed E-state index contributed by atoms with van der Waals surface area (Å²) in [6.07, 6.45) is 5.34. The minimum atomic E-state index is -0.348. The number of amides is 1. The average molecular weight is 366 g/mol. The van der Waals surface area contributed by atoms with Crippen molar-refractivity contribution in [1.29, 1.82) is 0 Å². The molecule has 0 aliphatic heterocycles. The molecule has 2 aromatic carbocycles. The molecule has 2 aromatic rings. The van der Waals surface area contributed by atoms with Gasteiger partial charge in [-0.15, -0.1) is 0 Å². The van der Waals surface area contributed by atoms with Crippen molar-refractivity contribution < 1.29 is 4.79 Å². The highest BCUT2D eigenvalue weighted by atomic mass is 16.2. The number of unbranched alkanes of at least 4 members (excludes halogenated alkanes) is 1. The van der Waals surface area contributed by atoms with E-state index < -0.39 is 0 Å². The summed E-state index contributed by atoms with van der Waals surface area (Å²) in [7, 11) is 0. The number of anilines is 1. The smallest absolute Gasteiger partial charge is 0.230 e. The molecule has 0 heterocycles. The maximum atomic E-state index is 12.9. The number of hydrogen-bond acceptors (Lipinski definition) is 1. The fraction of sp³-hybridized carbons (Fsp3) is 0.480. The molecule has 0 saturated heterocycles. The van der Waals surface area contributed by atoms with E-state index in [0.29, 0.717) is 5.92 Å². The van der Waals surface area contributed by atoms with Gasteiger partial charge in [-0.1, -0.05) is 90.3 Å². The summed E-state index contributed by atoms with van der Waals surface area (Å²) in [5.74, 6) is 0.529. The van der Waals surface area contributed by atoms with E-state index in [-0.39, 0.29) is 11.3 Å². The van der Waals surface area contributed by atoms with Gasteiger partial charge in [0, 0.05) is 11.1 Å². The van der Waals surface area contributed by atoms with E-state index in [1.165, 1.54) is 16.7 Å². The third-order valence-electron chi connectivity index (χ3n) is 5.43. The lowest BCUT2D eigenvalue weighted by Crippen LogP contribution is -2.31. The fourth-order valence-corrected chi connectivity index (χ4v) is 3.51. The maximum absolute atomic E-state index is 12.9. The number of carbonyl (C=O) groups is 1. The van der Waals surface area contributed by atoms with E-state index in [0.717, 1.165) is 37.8 Å². The van der Waals surface area contributed by atoms with Crippen LogP contribution in [0.5, 0.6) is 0 Å². The van der Waals surface area contributed by atoms with Crippen LogP contribution in [0.15, 0.2) is 48.5 Å². The lowest BCUT2D eigenvalue weighted by molar-refractivity contribution is -0.124. The Labute approximate surface area is 165 Å². The fourth-order valence-electron chi connectivity index (χ4n) is 3.51. The molecule has 2 heteroatoms. The van der Waals surface area contributed by atoms with Crippen LogP contribution in [0.2, 0.25) is 0 Å². The Kier molecular flexibility index (Phi) is 7.65. The SMILES string of the molecule is CCCCC(C)(C)C(=O)Nc1ccc(-c2ccccc2)cc1C(C)CCC. The van der Waals surface area contributed by atoms with Gasteiger partial charge in [0.1, 0.15) is 0 Å². The quantitative estimate of drug-likeness (QED) is 0.492. The molecule has 0 bridgehead atoms. The standard InChI is InChI=1S/C25H35NO/c1-6-8-17-25(4,5)24(27)26-23-16-15-21(20-13-10-9-11-14-20)18-22(23)19(3)12-7-2/h9-11,13-16,18-19H,6-8,12,17H2,1-5H3,(H,26,27). The number of nitrogens with one attached hydrogen (secondary N) is 1. The third kappa shape index (κ3) is 5.69. The Hall–Kier alpha value is -2.09. The topological polar surface area (TPSA) is 29.1 Å². The summed E-state index contributed by atoms with van der Waals surface area (Å²) in [4.78, 5) is 12.9. The van der Waals surface area contributed by atoms with Gasteiger partial charge in [0.15, 0.2) is 0 Å². The van der Waals surface area contributed by atoms with Crippen molar-refractivity contribution in [2.24, 2.45) is 5.41 Å². The minimum absolute atomic E-state index is 0.119. The zero-order chi connectivity index (χ0) is 19.9. The van der Waals surface area contributed by atoms with Gasteiger partial charge < -0.3 is 5.32 Å². The predicted molar refractivity (Wildman–Crippen MR) is 117 cm³/mol. The number of benzene rings is 2. The van der Waals surface area contributed by atoms with Gasteiger partial charge in [-0.3, -0.25) is 4.79 Å². The molecule has 0 aliphatic rings. The monoisotopic (exact) mass is 365 g/mol. The number of rotatable bonds is 9. The van der Waals surface area contributed by atoms with E-state index >= 15 is 0 Å². The van der Waals surface area contributed by atoms with Gasteiger partial charge in [0.25, 0.3) is 0 Å². The second-order valence-corrected chi connectivity index (χ2v) is 8.30. The summed E-state index contributed by atoms with van der Waals surface area (Å²) >= 11 is 0. The molecule has 0 saturated carbocycles. The van der Waals surface area contributed by atoms with Crippen LogP contribution in [0.4, 0.5) is 5.69 Å². The van der Waals surface area contributed by atoms with Gasteiger partial charge in [0.2, 0.25) is 5.91 Å². The van der Waals surface area contributed by atoms with Gasteiger partial charge in [-0.05, 0) is 47.6 Å². The summed E-state index contributed by atoms with van der Waals surface area (Å²) in [6.45, 7) is 10.7. The highest BCUT2D eigenvalue weighted by Gasteiger charge is 2.27. The number of carbonyl (C=O) groups excluding carboxylic acids is 1. The molecule has 2 rings (SSSR count). The van der Waals surface area contributed by atoms with Crippen molar-refractivity contribution in [3.63, 3.8) is 0 Å². The normalized spacial score (nSPS) is 12.6. The molecule has 1 N–H and O–H groups in total. The molecule has 1 unspecified atom stereocenters. The Morgan fingerprint density at radius 2 is 1.70 bits per heavy atom. The molecule has 146 valence electrons. The van der Waals surface area contributed by atoms with Crippen LogP contribution in [0.3, 0.4) is 0 Å². The van der Waals surface area contributed by atoms with Crippen molar-refractivity contribution in [3.05, 3.63) is 54.1 Å². The van der Waals surface area contributed by atoms with E-state index in [4.69, 9.17) is 0 Å². The Morgan fingerprint density at radius 3 is 2.33 bits per heavy atom. The van der Waals surface area contributed by atoms with Gasteiger partial charge in [-0.2, -0.15) is 0 Å². The first kappa shape index (κ1) is 21.2. The molecule has 27 heavy (non-hydrogen) atoms. The van der Waals surface area contributed by atoms with Crippen LogP contribution in [0, 0.1) is 5.41 Å². The molecule has 0 fully saturated rings. The largest absolute Gasteiger partial charge is 0.325 e. The average Bonchev–Trinajstić information content (AvgIpc) is 2.67. The second-order valence-electron chi connectivity index (χ2n) is 8.30. The predicted octanol–water partition coefficient (Wildman–Crippen LogP) is 7.41.